The Balaban J connectivity index is 1.83. The summed E-state index contributed by atoms with van der Waals surface area (Å²) in [5, 5.41) is 1.16. The predicted molar refractivity (Wildman–Crippen MR) is 80.8 cm³/mol. The minimum atomic E-state index is -3.50. The number of hydrogen-bond donors (Lipinski definition) is 0. The molecule has 1 atom stereocenters. The number of piperidine rings is 1. The fraction of sp³-hybridized carbons (Fsp3) is 0.538. The van der Waals surface area contributed by atoms with Crippen LogP contribution in [0.1, 0.15) is 28.6 Å². The van der Waals surface area contributed by atoms with Crippen LogP contribution >= 0.6 is 11.3 Å². The number of sulfonamides is 1. The van der Waals surface area contributed by atoms with E-state index in [1.807, 2.05) is 13.1 Å². The highest BCUT2D eigenvalue weighted by molar-refractivity contribution is 7.89. The van der Waals surface area contributed by atoms with Crippen molar-refractivity contribution in [3.63, 3.8) is 0 Å². The van der Waals surface area contributed by atoms with E-state index in [1.54, 1.807) is 33.5 Å². The van der Waals surface area contributed by atoms with Crippen molar-refractivity contribution in [2.24, 2.45) is 7.05 Å². The number of nitrogens with zero attached hydrogens (tertiary/aromatic N) is 4. The highest BCUT2D eigenvalue weighted by Gasteiger charge is 2.33. The summed E-state index contributed by atoms with van der Waals surface area (Å²) in [5.41, 5.74) is 0. The molecule has 1 fully saturated rings. The predicted octanol–water partition coefficient (Wildman–Crippen LogP) is 1.75. The van der Waals surface area contributed by atoms with E-state index in [9.17, 15) is 8.42 Å². The molecule has 0 radical (unpaired) electrons. The van der Waals surface area contributed by atoms with Crippen molar-refractivity contribution in [3.05, 3.63) is 28.6 Å². The smallest absolute Gasteiger partial charge is 0.262 e. The molecule has 114 valence electrons. The van der Waals surface area contributed by atoms with E-state index in [1.165, 1.54) is 6.33 Å². The number of aromatic nitrogens is 3. The number of aryl methyl sites for hydroxylation is 2. The van der Waals surface area contributed by atoms with E-state index in [0.717, 1.165) is 22.7 Å². The lowest BCUT2D eigenvalue weighted by Gasteiger charge is -2.30. The van der Waals surface area contributed by atoms with Crippen LogP contribution in [0.2, 0.25) is 0 Å². The second-order valence-corrected chi connectivity index (χ2v) is 8.54. The zero-order chi connectivity index (χ0) is 15.0. The monoisotopic (exact) mass is 326 g/mol. The third-order valence-corrected chi connectivity index (χ3v) is 6.48. The van der Waals surface area contributed by atoms with Crippen molar-refractivity contribution in [1.29, 1.82) is 0 Å². The van der Waals surface area contributed by atoms with Gasteiger partial charge in [0.25, 0.3) is 10.0 Å². The lowest BCUT2D eigenvalue weighted by Crippen LogP contribution is -2.39. The molecule has 0 bridgehead atoms. The Morgan fingerprint density at radius 3 is 2.81 bits per heavy atom. The number of imidazole rings is 1. The minimum absolute atomic E-state index is 0.126. The summed E-state index contributed by atoms with van der Waals surface area (Å²) in [6, 6.07) is 0. The first-order valence-corrected chi connectivity index (χ1v) is 9.13. The summed E-state index contributed by atoms with van der Waals surface area (Å²) in [6.07, 6.45) is 6.76. The average Bonchev–Trinajstić information content (AvgIpc) is 3.08. The van der Waals surface area contributed by atoms with E-state index in [4.69, 9.17) is 0 Å². The van der Waals surface area contributed by atoms with Gasteiger partial charge in [0.05, 0.1) is 11.3 Å². The van der Waals surface area contributed by atoms with Crippen molar-refractivity contribution < 1.29 is 8.42 Å². The highest BCUT2D eigenvalue weighted by Crippen LogP contribution is 2.31. The molecule has 3 heterocycles. The van der Waals surface area contributed by atoms with Gasteiger partial charge in [-0.3, -0.25) is 0 Å². The summed E-state index contributed by atoms with van der Waals surface area (Å²) in [4.78, 5) is 9.56. The van der Waals surface area contributed by atoms with Gasteiger partial charge in [-0.05, 0) is 19.8 Å². The van der Waals surface area contributed by atoms with Crippen LogP contribution in [-0.2, 0) is 17.1 Å². The number of rotatable bonds is 3. The molecule has 3 rings (SSSR count). The third kappa shape index (κ3) is 2.88. The molecule has 0 unspecified atom stereocenters. The molecule has 0 saturated carbocycles. The van der Waals surface area contributed by atoms with E-state index in [-0.39, 0.29) is 10.9 Å². The molecule has 0 N–H and O–H groups in total. The van der Waals surface area contributed by atoms with Crippen LogP contribution in [0.3, 0.4) is 0 Å². The maximum absolute atomic E-state index is 12.6. The van der Waals surface area contributed by atoms with Crippen LogP contribution in [0.15, 0.2) is 23.7 Å². The SMILES string of the molecule is Cc1cnc([C@H]2CCCN(S(=O)(=O)c3cn(C)cn3)C2)s1. The molecule has 6 nitrogen and oxygen atoms in total. The molecule has 0 aromatic carbocycles. The van der Waals surface area contributed by atoms with Crippen LogP contribution < -0.4 is 0 Å². The Labute approximate surface area is 128 Å². The third-order valence-electron chi connectivity index (χ3n) is 3.66. The van der Waals surface area contributed by atoms with Gasteiger partial charge in [-0.2, -0.15) is 4.31 Å². The van der Waals surface area contributed by atoms with Crippen LogP contribution in [0.25, 0.3) is 0 Å². The lowest BCUT2D eigenvalue weighted by molar-refractivity contribution is 0.314. The molecule has 2 aromatic rings. The van der Waals surface area contributed by atoms with Gasteiger partial charge in [0.15, 0.2) is 5.03 Å². The number of hydrogen-bond acceptors (Lipinski definition) is 5. The summed E-state index contributed by atoms with van der Waals surface area (Å²) in [7, 11) is -1.73. The summed E-state index contributed by atoms with van der Waals surface area (Å²) < 4.78 is 28.4. The summed E-state index contributed by atoms with van der Waals surface area (Å²) in [6.45, 7) is 3.07. The van der Waals surface area contributed by atoms with E-state index >= 15 is 0 Å². The molecule has 1 saturated heterocycles. The van der Waals surface area contributed by atoms with Crippen molar-refractivity contribution in [1.82, 2.24) is 18.8 Å². The van der Waals surface area contributed by atoms with Gasteiger partial charge in [0, 0.05) is 43.3 Å². The average molecular weight is 326 g/mol. The summed E-state index contributed by atoms with van der Waals surface area (Å²) >= 11 is 1.65. The molecule has 0 aliphatic carbocycles. The van der Waals surface area contributed by atoms with Crippen LogP contribution in [0, 0.1) is 6.92 Å². The zero-order valence-corrected chi connectivity index (χ0v) is 13.7. The fourth-order valence-electron chi connectivity index (χ4n) is 2.58. The maximum atomic E-state index is 12.6. The quantitative estimate of drug-likeness (QED) is 0.862. The van der Waals surface area contributed by atoms with E-state index in [0.29, 0.717) is 13.1 Å². The Bertz CT molecular complexity index is 735. The Hall–Kier alpha value is -1.25. The Morgan fingerprint density at radius 2 is 2.19 bits per heavy atom. The van der Waals surface area contributed by atoms with Gasteiger partial charge >= 0.3 is 0 Å². The van der Waals surface area contributed by atoms with Gasteiger partial charge in [-0.1, -0.05) is 0 Å². The van der Waals surface area contributed by atoms with Crippen LogP contribution in [0.5, 0.6) is 0 Å². The zero-order valence-electron chi connectivity index (χ0n) is 12.1. The number of thiazole rings is 1. The van der Waals surface area contributed by atoms with Gasteiger partial charge < -0.3 is 4.57 Å². The minimum Gasteiger partial charge on any atom is -0.339 e. The normalized spacial score (nSPS) is 20.8. The fourth-order valence-corrected chi connectivity index (χ4v) is 4.97. The molecular formula is C13H18N4O2S2. The highest BCUT2D eigenvalue weighted by atomic mass is 32.2. The van der Waals surface area contributed by atoms with Crippen molar-refractivity contribution in [2.75, 3.05) is 13.1 Å². The van der Waals surface area contributed by atoms with Gasteiger partial charge in [0.2, 0.25) is 0 Å². The molecule has 1 aliphatic rings. The van der Waals surface area contributed by atoms with E-state index < -0.39 is 10.0 Å². The lowest BCUT2D eigenvalue weighted by atomic mass is 10.0. The molecule has 1 aliphatic heterocycles. The van der Waals surface area contributed by atoms with Crippen molar-refractivity contribution in [2.45, 2.75) is 30.7 Å². The van der Waals surface area contributed by atoms with Crippen molar-refractivity contribution in [3.8, 4) is 0 Å². The van der Waals surface area contributed by atoms with Crippen molar-refractivity contribution >= 4 is 21.4 Å². The first-order chi connectivity index (χ1) is 9.96. The second-order valence-electron chi connectivity index (χ2n) is 5.39. The molecule has 21 heavy (non-hydrogen) atoms. The van der Waals surface area contributed by atoms with Crippen LogP contribution in [-0.4, -0.2) is 40.3 Å². The molecule has 8 heteroatoms. The molecule has 0 spiro atoms. The summed E-state index contributed by atoms with van der Waals surface area (Å²) in [5.74, 6) is 0.191. The largest absolute Gasteiger partial charge is 0.339 e. The standard InChI is InChI=1S/C13H18N4O2S2/c1-10-6-14-13(20-10)11-4-3-5-17(7-11)21(18,19)12-8-16(2)9-15-12/h6,8-9,11H,3-5,7H2,1-2H3/t11-/m0/s1. The second kappa shape index (κ2) is 5.51. The van der Waals surface area contributed by atoms with E-state index in [2.05, 4.69) is 9.97 Å². The first-order valence-electron chi connectivity index (χ1n) is 6.87. The topological polar surface area (TPSA) is 68.1 Å². The van der Waals surface area contributed by atoms with Gasteiger partial charge in [-0.15, -0.1) is 11.3 Å². The van der Waals surface area contributed by atoms with Crippen LogP contribution in [0.4, 0.5) is 0 Å². The first kappa shape index (κ1) is 14.7. The molecule has 0 amide bonds. The maximum Gasteiger partial charge on any atom is 0.262 e. The Morgan fingerprint density at radius 1 is 1.38 bits per heavy atom. The molecule has 2 aromatic heterocycles. The van der Waals surface area contributed by atoms with Gasteiger partial charge in [-0.25, -0.2) is 18.4 Å². The van der Waals surface area contributed by atoms with Gasteiger partial charge in [0.1, 0.15) is 0 Å². The Kier molecular flexibility index (Phi) is 3.85. The molecular weight excluding hydrogens is 308 g/mol.